The van der Waals surface area contributed by atoms with Crippen LogP contribution in [0.2, 0.25) is 0 Å². The fourth-order valence-corrected chi connectivity index (χ4v) is 3.22. The third-order valence-corrected chi connectivity index (χ3v) is 5.19. The van der Waals surface area contributed by atoms with Crippen molar-refractivity contribution in [2.24, 2.45) is 0 Å². The molecule has 0 aromatic heterocycles. The van der Waals surface area contributed by atoms with E-state index in [0.29, 0.717) is 31.8 Å². The van der Waals surface area contributed by atoms with Crippen LogP contribution in [0.25, 0.3) is 0 Å². The Morgan fingerprint density at radius 3 is 2.17 bits per heavy atom. The van der Waals surface area contributed by atoms with Crippen molar-refractivity contribution in [2.75, 3.05) is 6.54 Å². The molecule has 0 fully saturated rings. The topological polar surface area (TPSA) is 49.4 Å². The number of carbonyl (C=O) groups is 2. The molecule has 0 bridgehead atoms. The average molecular weight is 395 g/mol. The van der Waals surface area contributed by atoms with Crippen molar-refractivity contribution in [1.82, 2.24) is 10.2 Å². The van der Waals surface area contributed by atoms with Crippen LogP contribution in [-0.4, -0.2) is 29.3 Å². The van der Waals surface area contributed by atoms with E-state index in [1.54, 1.807) is 4.90 Å². The quantitative estimate of drug-likeness (QED) is 0.636. The molecule has 29 heavy (non-hydrogen) atoms. The van der Waals surface area contributed by atoms with Gasteiger partial charge in [-0.2, -0.15) is 0 Å². The predicted octanol–water partition coefficient (Wildman–Crippen LogP) is 4.69. The molecule has 1 unspecified atom stereocenters. The highest BCUT2D eigenvalue weighted by atomic mass is 16.2. The highest BCUT2D eigenvalue weighted by Crippen LogP contribution is 2.17. The summed E-state index contributed by atoms with van der Waals surface area (Å²) < 4.78 is 0. The minimum absolute atomic E-state index is 0.000868. The lowest BCUT2D eigenvalue weighted by molar-refractivity contribution is -0.140. The lowest BCUT2D eigenvalue weighted by Gasteiger charge is -2.29. The van der Waals surface area contributed by atoms with Crippen molar-refractivity contribution >= 4 is 11.8 Å². The van der Waals surface area contributed by atoms with Gasteiger partial charge in [-0.15, -0.1) is 0 Å². The second-order valence-corrected chi connectivity index (χ2v) is 7.87. The van der Waals surface area contributed by atoms with E-state index in [2.05, 4.69) is 43.4 Å². The van der Waals surface area contributed by atoms with Gasteiger partial charge in [0.15, 0.2) is 0 Å². The molecule has 0 aliphatic rings. The molecule has 156 valence electrons. The van der Waals surface area contributed by atoms with Gasteiger partial charge in [-0.05, 0) is 42.4 Å². The Morgan fingerprint density at radius 1 is 0.931 bits per heavy atom. The molecule has 0 aliphatic carbocycles. The number of hydrogen-bond donors (Lipinski definition) is 1. The molecule has 2 aromatic rings. The van der Waals surface area contributed by atoms with Gasteiger partial charge in [0, 0.05) is 19.5 Å². The van der Waals surface area contributed by atoms with Gasteiger partial charge in [0.25, 0.3) is 0 Å². The first kappa shape index (κ1) is 22.7. The van der Waals surface area contributed by atoms with E-state index in [1.165, 1.54) is 5.56 Å². The fraction of sp³-hybridized carbons (Fsp3) is 0.440. The molecule has 0 saturated heterocycles. The first-order valence-corrected chi connectivity index (χ1v) is 10.6. The van der Waals surface area contributed by atoms with Crippen molar-refractivity contribution in [3.8, 4) is 0 Å². The SMILES string of the molecule is CCCNC(=O)C(C)N(Cc1ccccc1)C(=O)CCc1ccc(C(C)C)cc1. The molecule has 1 atom stereocenters. The van der Waals surface area contributed by atoms with Crippen LogP contribution in [-0.2, 0) is 22.6 Å². The van der Waals surface area contributed by atoms with Gasteiger partial charge in [-0.3, -0.25) is 9.59 Å². The van der Waals surface area contributed by atoms with E-state index < -0.39 is 6.04 Å². The van der Waals surface area contributed by atoms with Crippen molar-refractivity contribution in [3.05, 3.63) is 71.3 Å². The first-order chi connectivity index (χ1) is 13.9. The molecule has 0 heterocycles. The van der Waals surface area contributed by atoms with Crippen LogP contribution in [0.15, 0.2) is 54.6 Å². The van der Waals surface area contributed by atoms with Gasteiger partial charge >= 0.3 is 0 Å². The molecule has 0 spiro atoms. The second-order valence-electron chi connectivity index (χ2n) is 7.87. The Balaban J connectivity index is 2.07. The van der Waals surface area contributed by atoms with E-state index in [-0.39, 0.29) is 11.8 Å². The summed E-state index contributed by atoms with van der Waals surface area (Å²) in [5, 5.41) is 2.91. The highest BCUT2D eigenvalue weighted by Gasteiger charge is 2.25. The molecule has 0 aliphatic heterocycles. The minimum Gasteiger partial charge on any atom is -0.354 e. The summed E-state index contributed by atoms with van der Waals surface area (Å²) in [5.41, 5.74) is 3.47. The Bertz CT molecular complexity index is 769. The van der Waals surface area contributed by atoms with Gasteiger partial charge in [0.05, 0.1) is 0 Å². The summed E-state index contributed by atoms with van der Waals surface area (Å²) in [5.74, 6) is 0.396. The van der Waals surface area contributed by atoms with Crippen LogP contribution in [0, 0.1) is 0 Å². The zero-order valence-corrected chi connectivity index (χ0v) is 18.2. The Kier molecular flexibility index (Phi) is 8.91. The molecule has 2 amide bonds. The molecule has 0 saturated carbocycles. The van der Waals surface area contributed by atoms with Gasteiger partial charge in [-0.25, -0.2) is 0 Å². The molecule has 0 radical (unpaired) electrons. The van der Waals surface area contributed by atoms with Crippen LogP contribution in [0.4, 0.5) is 0 Å². The molecule has 2 aromatic carbocycles. The summed E-state index contributed by atoms with van der Waals surface area (Å²) in [6.45, 7) is 9.23. The Labute approximate surface area is 175 Å². The smallest absolute Gasteiger partial charge is 0.242 e. The van der Waals surface area contributed by atoms with E-state index in [0.717, 1.165) is 17.5 Å². The lowest BCUT2D eigenvalue weighted by Crippen LogP contribution is -2.47. The monoisotopic (exact) mass is 394 g/mol. The molecular formula is C25H34N2O2. The molecule has 4 heteroatoms. The van der Waals surface area contributed by atoms with Crippen molar-refractivity contribution in [1.29, 1.82) is 0 Å². The van der Waals surface area contributed by atoms with Crippen LogP contribution >= 0.6 is 0 Å². The van der Waals surface area contributed by atoms with Crippen LogP contribution in [0.3, 0.4) is 0 Å². The molecule has 1 N–H and O–H groups in total. The molecular weight excluding hydrogens is 360 g/mol. The van der Waals surface area contributed by atoms with E-state index >= 15 is 0 Å². The summed E-state index contributed by atoms with van der Waals surface area (Å²) in [7, 11) is 0. The zero-order valence-electron chi connectivity index (χ0n) is 18.2. The van der Waals surface area contributed by atoms with Gasteiger partial charge in [0.2, 0.25) is 11.8 Å². The van der Waals surface area contributed by atoms with Crippen molar-refractivity contribution in [3.63, 3.8) is 0 Å². The Morgan fingerprint density at radius 2 is 1.59 bits per heavy atom. The third kappa shape index (κ3) is 7.04. The standard InChI is InChI=1S/C25H34N2O2/c1-5-17-26-25(29)20(4)27(18-22-9-7-6-8-10-22)24(28)16-13-21-11-14-23(15-12-21)19(2)3/h6-12,14-15,19-20H,5,13,16-18H2,1-4H3,(H,26,29). The molecule has 4 nitrogen and oxygen atoms in total. The number of nitrogens with one attached hydrogen (secondary N) is 1. The highest BCUT2D eigenvalue weighted by molar-refractivity contribution is 5.87. The number of amides is 2. The average Bonchev–Trinajstić information content (AvgIpc) is 2.74. The lowest BCUT2D eigenvalue weighted by atomic mass is 10.00. The summed E-state index contributed by atoms with van der Waals surface area (Å²) >= 11 is 0. The number of rotatable bonds is 10. The normalized spacial score (nSPS) is 11.9. The number of benzene rings is 2. The maximum absolute atomic E-state index is 13.1. The van der Waals surface area contributed by atoms with Gasteiger partial charge in [-0.1, -0.05) is 75.4 Å². The minimum atomic E-state index is -0.502. The maximum Gasteiger partial charge on any atom is 0.242 e. The van der Waals surface area contributed by atoms with Crippen LogP contribution in [0.1, 0.15) is 63.1 Å². The third-order valence-electron chi connectivity index (χ3n) is 5.19. The summed E-state index contributed by atoms with van der Waals surface area (Å²) in [6.07, 6.45) is 1.93. The van der Waals surface area contributed by atoms with E-state index in [1.807, 2.05) is 44.2 Å². The summed E-state index contributed by atoms with van der Waals surface area (Å²) in [6, 6.07) is 17.8. The summed E-state index contributed by atoms with van der Waals surface area (Å²) in [4.78, 5) is 27.3. The van der Waals surface area contributed by atoms with Gasteiger partial charge in [0.1, 0.15) is 6.04 Å². The zero-order chi connectivity index (χ0) is 21.2. The van der Waals surface area contributed by atoms with Gasteiger partial charge < -0.3 is 10.2 Å². The molecule has 2 rings (SSSR count). The number of hydrogen-bond acceptors (Lipinski definition) is 2. The number of aryl methyl sites for hydroxylation is 1. The number of nitrogens with zero attached hydrogens (tertiary/aromatic N) is 1. The van der Waals surface area contributed by atoms with Crippen molar-refractivity contribution < 1.29 is 9.59 Å². The predicted molar refractivity (Wildman–Crippen MR) is 119 cm³/mol. The fourth-order valence-electron chi connectivity index (χ4n) is 3.22. The first-order valence-electron chi connectivity index (χ1n) is 10.6. The van der Waals surface area contributed by atoms with E-state index in [4.69, 9.17) is 0 Å². The van der Waals surface area contributed by atoms with Crippen LogP contribution < -0.4 is 5.32 Å². The van der Waals surface area contributed by atoms with Crippen LogP contribution in [0.5, 0.6) is 0 Å². The van der Waals surface area contributed by atoms with E-state index in [9.17, 15) is 9.59 Å². The number of carbonyl (C=O) groups excluding carboxylic acids is 2. The second kappa shape index (κ2) is 11.4. The van der Waals surface area contributed by atoms with Crippen molar-refractivity contribution in [2.45, 2.75) is 65.5 Å². The Hall–Kier alpha value is -2.62. The maximum atomic E-state index is 13.1. The largest absolute Gasteiger partial charge is 0.354 e.